The van der Waals surface area contributed by atoms with E-state index in [4.69, 9.17) is 20.2 Å². The fourth-order valence-corrected chi connectivity index (χ4v) is 9.35. The molecule has 4 heterocycles. The van der Waals surface area contributed by atoms with Crippen LogP contribution in [-0.2, 0) is 10.8 Å². The number of hydrogen-bond acceptors (Lipinski definition) is 6. The number of fused-ring (bicyclic) bond motifs is 2. The van der Waals surface area contributed by atoms with Crippen molar-refractivity contribution in [3.05, 3.63) is 203 Å². The first-order valence-electron chi connectivity index (χ1n) is 23.1. The van der Waals surface area contributed by atoms with Gasteiger partial charge in [0, 0.05) is 24.0 Å². The Bertz CT molecular complexity index is 2960. The molecular weight excluding hydrogens is 809 g/mol. The summed E-state index contributed by atoms with van der Waals surface area (Å²) in [5.74, 6) is 1.72. The molecule has 0 saturated heterocycles. The number of hydrogen-bond donors (Lipinski definition) is 2. The van der Waals surface area contributed by atoms with Gasteiger partial charge >= 0.3 is 0 Å². The zero-order chi connectivity index (χ0) is 45.2. The molecule has 0 saturated carbocycles. The fraction of sp³-hybridized carbons (Fsp3) is 0.207. The molecule has 0 bridgehead atoms. The number of para-hydroxylation sites is 4. The number of anilines is 2. The monoisotopic (exact) mass is 862 g/mol. The molecule has 326 valence electrons. The lowest BCUT2D eigenvalue weighted by atomic mass is 9.85. The maximum Gasteiger partial charge on any atom is 0.138 e. The molecule has 0 fully saturated rings. The van der Waals surface area contributed by atoms with Gasteiger partial charge in [-0.3, -0.25) is 10.0 Å². The molecule has 2 N–H and O–H groups in total. The van der Waals surface area contributed by atoms with Crippen molar-refractivity contribution in [3.8, 4) is 22.8 Å². The number of aromatic amines is 2. The molecule has 2 unspecified atom stereocenters. The van der Waals surface area contributed by atoms with Crippen LogP contribution in [0.1, 0.15) is 99.8 Å². The Labute approximate surface area is 386 Å². The average molecular weight is 863 g/mol. The summed E-state index contributed by atoms with van der Waals surface area (Å²) in [6, 6.07) is 60.7. The average Bonchev–Trinajstić information content (AvgIpc) is 4.16. The van der Waals surface area contributed by atoms with Crippen molar-refractivity contribution in [2.24, 2.45) is 10.2 Å². The van der Waals surface area contributed by atoms with Crippen molar-refractivity contribution >= 4 is 44.9 Å². The zero-order valence-electron chi connectivity index (χ0n) is 38.4. The van der Waals surface area contributed by atoms with E-state index in [1.54, 1.807) is 0 Å². The van der Waals surface area contributed by atoms with Crippen molar-refractivity contribution < 1.29 is 0 Å². The standard InChI is InChI=1S/C58H54N8/c1-57(2,3)43-27-19-39(20-28-43)53-35-51(63-65(53)45-31-23-41(24-32-45)55-59-47-11-7-8-12-48(47)60-55)37-15-17-38(18-16-37)52-36-54(40-21-29-44(30-22-40)58(4,5)6)66(64-52)46-33-25-42(26-34-46)56-61-49-13-9-10-14-50(49)62-56/h7-34,53-54H,35-36H2,1-6H3,(H,59,60)(H,61,62). The highest BCUT2D eigenvalue weighted by Gasteiger charge is 2.33. The van der Waals surface area contributed by atoms with Crippen LogP contribution < -0.4 is 10.0 Å². The van der Waals surface area contributed by atoms with Gasteiger partial charge in [0.1, 0.15) is 11.6 Å². The van der Waals surface area contributed by atoms with Gasteiger partial charge in [-0.25, -0.2) is 9.97 Å². The van der Waals surface area contributed by atoms with Gasteiger partial charge in [-0.1, -0.05) is 139 Å². The molecule has 2 aliphatic heterocycles. The first kappa shape index (κ1) is 41.1. The van der Waals surface area contributed by atoms with E-state index < -0.39 is 0 Å². The van der Waals surface area contributed by atoms with E-state index >= 15 is 0 Å². The second kappa shape index (κ2) is 16.1. The van der Waals surface area contributed by atoms with E-state index in [0.29, 0.717) is 0 Å². The van der Waals surface area contributed by atoms with Gasteiger partial charge in [0.2, 0.25) is 0 Å². The molecule has 66 heavy (non-hydrogen) atoms. The Hall–Kier alpha value is -7.58. The van der Waals surface area contributed by atoms with Crippen LogP contribution in [-0.4, -0.2) is 31.4 Å². The second-order valence-electron chi connectivity index (χ2n) is 19.8. The third-order valence-corrected chi connectivity index (χ3v) is 13.3. The molecule has 9 aromatic rings. The van der Waals surface area contributed by atoms with Crippen LogP contribution in [0.15, 0.2) is 180 Å². The van der Waals surface area contributed by atoms with Crippen LogP contribution >= 0.6 is 0 Å². The van der Waals surface area contributed by atoms with E-state index in [1.807, 2.05) is 36.4 Å². The summed E-state index contributed by atoms with van der Waals surface area (Å²) in [5.41, 5.74) is 17.8. The Morgan fingerprint density at radius 2 is 0.758 bits per heavy atom. The van der Waals surface area contributed by atoms with Gasteiger partial charge in [0.15, 0.2) is 0 Å². The van der Waals surface area contributed by atoms with E-state index in [0.717, 1.165) is 91.6 Å². The topological polar surface area (TPSA) is 88.6 Å². The first-order chi connectivity index (χ1) is 31.9. The number of H-pyrrole nitrogens is 2. The minimum atomic E-state index is 0.0437. The Morgan fingerprint density at radius 1 is 0.409 bits per heavy atom. The summed E-state index contributed by atoms with van der Waals surface area (Å²) in [6.07, 6.45) is 1.57. The number of imidazole rings is 2. The Morgan fingerprint density at radius 3 is 1.11 bits per heavy atom. The van der Waals surface area contributed by atoms with Crippen LogP contribution in [0.5, 0.6) is 0 Å². The van der Waals surface area contributed by atoms with Crippen molar-refractivity contribution in [2.75, 3.05) is 10.0 Å². The van der Waals surface area contributed by atoms with Gasteiger partial charge in [-0.15, -0.1) is 0 Å². The second-order valence-corrected chi connectivity index (χ2v) is 19.8. The quantitative estimate of drug-likeness (QED) is 0.159. The summed E-state index contributed by atoms with van der Waals surface area (Å²) in [6.45, 7) is 13.6. The van der Waals surface area contributed by atoms with Gasteiger partial charge in [0.25, 0.3) is 0 Å². The van der Waals surface area contributed by atoms with Crippen LogP contribution in [0, 0.1) is 0 Å². The molecule has 8 nitrogen and oxygen atoms in total. The van der Waals surface area contributed by atoms with Gasteiger partial charge in [0.05, 0.1) is 56.9 Å². The highest BCUT2D eigenvalue weighted by molar-refractivity contribution is 6.06. The van der Waals surface area contributed by atoms with E-state index in [2.05, 4.69) is 195 Å². The molecule has 0 radical (unpaired) electrons. The first-order valence-corrected chi connectivity index (χ1v) is 23.1. The van der Waals surface area contributed by atoms with E-state index in [-0.39, 0.29) is 22.9 Å². The summed E-state index contributed by atoms with van der Waals surface area (Å²) in [4.78, 5) is 16.7. The number of benzene rings is 7. The molecular formula is C58H54N8. The molecule has 7 aromatic carbocycles. The molecule has 0 spiro atoms. The van der Waals surface area contributed by atoms with Crippen molar-refractivity contribution in [3.63, 3.8) is 0 Å². The van der Waals surface area contributed by atoms with Gasteiger partial charge in [-0.2, -0.15) is 10.2 Å². The SMILES string of the molecule is CC(C)(C)c1ccc(C2CC(c3ccc(C4=NN(c5ccc(-c6nc7ccccc7[nH]6)cc5)C(c5ccc(C(C)(C)C)cc5)C4)cc3)=NN2c2ccc(-c3nc4ccccc4[nH]3)cc2)cc1. The van der Waals surface area contributed by atoms with E-state index in [9.17, 15) is 0 Å². The van der Waals surface area contributed by atoms with Crippen molar-refractivity contribution in [1.82, 2.24) is 19.9 Å². The predicted octanol–water partition coefficient (Wildman–Crippen LogP) is 14.1. The van der Waals surface area contributed by atoms with Crippen LogP contribution in [0.25, 0.3) is 44.8 Å². The fourth-order valence-electron chi connectivity index (χ4n) is 9.35. The summed E-state index contributed by atoms with van der Waals surface area (Å²) in [7, 11) is 0. The molecule has 0 aliphatic carbocycles. The van der Waals surface area contributed by atoms with Crippen molar-refractivity contribution in [1.29, 1.82) is 0 Å². The highest BCUT2D eigenvalue weighted by atomic mass is 15.5. The summed E-state index contributed by atoms with van der Waals surface area (Å²) >= 11 is 0. The number of nitrogens with one attached hydrogen (secondary N) is 2. The predicted molar refractivity (Wildman–Crippen MR) is 273 cm³/mol. The normalized spacial score (nSPS) is 16.6. The molecule has 2 aliphatic rings. The Kier molecular flexibility index (Phi) is 10.1. The van der Waals surface area contributed by atoms with Crippen LogP contribution in [0.3, 0.4) is 0 Å². The lowest BCUT2D eigenvalue weighted by Crippen LogP contribution is -2.19. The molecule has 0 amide bonds. The molecule has 11 rings (SSSR count). The molecule has 2 atom stereocenters. The third kappa shape index (κ3) is 7.87. The van der Waals surface area contributed by atoms with Crippen LogP contribution in [0.4, 0.5) is 11.4 Å². The number of rotatable bonds is 8. The maximum atomic E-state index is 5.37. The van der Waals surface area contributed by atoms with Gasteiger partial charge in [-0.05, 0) is 117 Å². The lowest BCUT2D eigenvalue weighted by molar-refractivity contribution is 0.589. The van der Waals surface area contributed by atoms with Crippen molar-refractivity contribution in [2.45, 2.75) is 77.3 Å². The third-order valence-electron chi connectivity index (χ3n) is 13.3. The maximum absolute atomic E-state index is 5.37. The van der Waals surface area contributed by atoms with Crippen LogP contribution in [0.2, 0.25) is 0 Å². The Balaban J connectivity index is 0.894. The van der Waals surface area contributed by atoms with Gasteiger partial charge < -0.3 is 9.97 Å². The minimum Gasteiger partial charge on any atom is -0.338 e. The van der Waals surface area contributed by atoms with E-state index in [1.165, 1.54) is 22.3 Å². The summed E-state index contributed by atoms with van der Waals surface area (Å²) < 4.78 is 0. The highest BCUT2D eigenvalue weighted by Crippen LogP contribution is 2.41. The number of nitrogens with zero attached hydrogens (tertiary/aromatic N) is 6. The minimum absolute atomic E-state index is 0.0437. The largest absolute Gasteiger partial charge is 0.338 e. The molecule has 8 heteroatoms. The zero-order valence-corrected chi connectivity index (χ0v) is 38.4. The number of hydrazone groups is 2. The number of aromatic nitrogens is 4. The summed E-state index contributed by atoms with van der Waals surface area (Å²) in [5, 5.41) is 15.1. The lowest BCUT2D eigenvalue weighted by Gasteiger charge is -2.25. The molecule has 2 aromatic heterocycles. The smallest absolute Gasteiger partial charge is 0.138 e.